The van der Waals surface area contributed by atoms with Crippen molar-refractivity contribution < 1.29 is 5.11 Å². The SMILES string of the molecule is OCN1CC=C(c2ccccc2)c2cc(C(c3cccnc3)c3cnc[nH]3)ccc21. The molecule has 2 aromatic carbocycles. The number of rotatable bonds is 5. The van der Waals surface area contributed by atoms with Gasteiger partial charge in [0.2, 0.25) is 0 Å². The molecule has 0 bridgehead atoms. The first-order valence-corrected chi connectivity index (χ1v) is 9.99. The maximum Gasteiger partial charge on any atom is 0.116 e. The lowest BCUT2D eigenvalue weighted by Gasteiger charge is -2.30. The Labute approximate surface area is 175 Å². The number of nitrogens with one attached hydrogen (secondary N) is 1. The van der Waals surface area contributed by atoms with Crippen molar-refractivity contribution in [2.24, 2.45) is 0 Å². The van der Waals surface area contributed by atoms with Crippen LogP contribution in [0.4, 0.5) is 5.69 Å². The fourth-order valence-electron chi connectivity index (χ4n) is 4.18. The minimum absolute atomic E-state index is 0.00646. The molecule has 1 atom stereocenters. The standard InChI is InChI=1S/C25H22N4O/c30-17-29-12-10-21(18-5-2-1-3-6-18)22-13-19(8-9-24(22)29)25(23-15-27-16-28-23)20-7-4-11-26-14-20/h1-11,13-16,25,30H,12,17H2,(H,27,28). The molecule has 4 aromatic rings. The predicted octanol–water partition coefficient (Wildman–Crippen LogP) is 4.19. The van der Waals surface area contributed by atoms with Gasteiger partial charge >= 0.3 is 0 Å². The Kier molecular flexibility index (Phi) is 4.87. The van der Waals surface area contributed by atoms with E-state index in [1.165, 1.54) is 11.1 Å². The predicted molar refractivity (Wildman–Crippen MR) is 118 cm³/mol. The van der Waals surface area contributed by atoms with Crippen LogP contribution in [0.5, 0.6) is 0 Å². The zero-order chi connectivity index (χ0) is 20.3. The number of imidazole rings is 1. The molecular formula is C25H22N4O. The van der Waals surface area contributed by atoms with Crippen LogP contribution in [-0.4, -0.2) is 33.3 Å². The van der Waals surface area contributed by atoms with Crippen LogP contribution in [0.2, 0.25) is 0 Å². The van der Waals surface area contributed by atoms with Crippen LogP contribution >= 0.6 is 0 Å². The van der Waals surface area contributed by atoms with E-state index in [1.54, 1.807) is 12.5 Å². The van der Waals surface area contributed by atoms with Crippen molar-refractivity contribution in [3.05, 3.63) is 120 Å². The van der Waals surface area contributed by atoms with E-state index in [0.29, 0.717) is 6.54 Å². The number of anilines is 1. The molecule has 148 valence electrons. The summed E-state index contributed by atoms with van der Waals surface area (Å²) < 4.78 is 0. The van der Waals surface area contributed by atoms with Crippen molar-refractivity contribution in [3.63, 3.8) is 0 Å². The van der Waals surface area contributed by atoms with Gasteiger partial charge in [0.05, 0.1) is 12.2 Å². The topological polar surface area (TPSA) is 65.0 Å². The number of aromatic amines is 1. The normalized spacial score (nSPS) is 14.2. The third-order valence-electron chi connectivity index (χ3n) is 5.60. The quantitative estimate of drug-likeness (QED) is 0.533. The number of fused-ring (bicyclic) bond motifs is 1. The number of benzene rings is 2. The van der Waals surface area contributed by atoms with Gasteiger partial charge in [0.1, 0.15) is 6.73 Å². The molecule has 5 rings (SSSR count). The molecule has 1 unspecified atom stereocenters. The van der Waals surface area contributed by atoms with Crippen LogP contribution in [0, 0.1) is 0 Å². The number of nitrogens with zero attached hydrogens (tertiary/aromatic N) is 3. The monoisotopic (exact) mass is 394 g/mol. The first-order chi connectivity index (χ1) is 14.8. The van der Waals surface area contributed by atoms with E-state index in [0.717, 1.165) is 28.1 Å². The Morgan fingerprint density at radius 2 is 1.87 bits per heavy atom. The minimum Gasteiger partial charge on any atom is -0.376 e. The maximum absolute atomic E-state index is 9.88. The van der Waals surface area contributed by atoms with E-state index in [2.05, 4.69) is 69.6 Å². The Morgan fingerprint density at radius 1 is 0.967 bits per heavy atom. The van der Waals surface area contributed by atoms with Gasteiger partial charge in [-0.1, -0.05) is 48.5 Å². The van der Waals surface area contributed by atoms with Crippen molar-refractivity contribution in [2.45, 2.75) is 5.92 Å². The number of pyridine rings is 1. The van der Waals surface area contributed by atoms with Gasteiger partial charge in [-0.2, -0.15) is 0 Å². The summed E-state index contributed by atoms with van der Waals surface area (Å²) in [5.74, 6) is -0.00646. The first kappa shape index (κ1) is 18.3. The molecule has 0 aliphatic carbocycles. The van der Waals surface area contributed by atoms with E-state index in [4.69, 9.17) is 0 Å². The molecule has 30 heavy (non-hydrogen) atoms. The van der Waals surface area contributed by atoms with Crippen molar-refractivity contribution >= 4 is 11.3 Å². The summed E-state index contributed by atoms with van der Waals surface area (Å²) >= 11 is 0. The summed E-state index contributed by atoms with van der Waals surface area (Å²) in [6, 6.07) is 20.9. The minimum atomic E-state index is -0.0164. The van der Waals surface area contributed by atoms with Gasteiger partial charge in [0, 0.05) is 42.1 Å². The Hall–Kier alpha value is -3.70. The van der Waals surface area contributed by atoms with Crippen molar-refractivity contribution in [1.82, 2.24) is 15.0 Å². The van der Waals surface area contributed by atoms with E-state index < -0.39 is 0 Å². The summed E-state index contributed by atoms with van der Waals surface area (Å²) in [5, 5.41) is 9.88. The van der Waals surface area contributed by atoms with Gasteiger partial charge in [-0.25, -0.2) is 4.98 Å². The number of aliphatic hydroxyl groups excluding tert-OH is 1. The molecule has 2 aromatic heterocycles. The van der Waals surface area contributed by atoms with Gasteiger partial charge in [-0.05, 0) is 40.5 Å². The molecule has 0 fully saturated rings. The first-order valence-electron chi connectivity index (χ1n) is 9.99. The Bertz CT molecular complexity index is 1150. The summed E-state index contributed by atoms with van der Waals surface area (Å²) in [6.07, 6.45) is 9.45. The molecule has 1 aliphatic heterocycles. The smallest absolute Gasteiger partial charge is 0.116 e. The zero-order valence-corrected chi connectivity index (χ0v) is 16.4. The van der Waals surface area contributed by atoms with Gasteiger partial charge in [-0.15, -0.1) is 0 Å². The highest BCUT2D eigenvalue weighted by atomic mass is 16.3. The second kappa shape index (κ2) is 7.97. The van der Waals surface area contributed by atoms with E-state index in [9.17, 15) is 5.11 Å². The number of aromatic nitrogens is 3. The van der Waals surface area contributed by atoms with Gasteiger partial charge in [0.15, 0.2) is 0 Å². The van der Waals surface area contributed by atoms with E-state index in [-0.39, 0.29) is 12.6 Å². The second-order valence-electron chi connectivity index (χ2n) is 7.35. The van der Waals surface area contributed by atoms with E-state index >= 15 is 0 Å². The zero-order valence-electron chi connectivity index (χ0n) is 16.4. The highest BCUT2D eigenvalue weighted by Gasteiger charge is 2.24. The van der Waals surface area contributed by atoms with Crippen LogP contribution < -0.4 is 4.90 Å². The number of H-pyrrole nitrogens is 1. The van der Waals surface area contributed by atoms with Crippen LogP contribution in [0.3, 0.4) is 0 Å². The third-order valence-corrected chi connectivity index (χ3v) is 5.60. The molecule has 2 N–H and O–H groups in total. The average Bonchev–Trinajstić information content (AvgIpc) is 3.34. The summed E-state index contributed by atoms with van der Waals surface area (Å²) in [6.45, 7) is 0.664. The molecular weight excluding hydrogens is 372 g/mol. The Morgan fingerprint density at radius 3 is 2.60 bits per heavy atom. The summed E-state index contributed by atoms with van der Waals surface area (Å²) in [4.78, 5) is 13.8. The lowest BCUT2D eigenvalue weighted by atomic mass is 9.85. The van der Waals surface area contributed by atoms with Crippen LogP contribution in [0.25, 0.3) is 5.57 Å². The van der Waals surface area contributed by atoms with Gasteiger partial charge in [0.25, 0.3) is 0 Å². The molecule has 0 spiro atoms. The number of aliphatic hydroxyl groups is 1. The summed E-state index contributed by atoms with van der Waals surface area (Å²) in [7, 11) is 0. The molecule has 5 nitrogen and oxygen atoms in total. The molecule has 3 heterocycles. The summed E-state index contributed by atoms with van der Waals surface area (Å²) in [5.41, 5.74) is 7.78. The molecule has 0 saturated carbocycles. The lowest BCUT2D eigenvalue weighted by Crippen LogP contribution is -2.28. The highest BCUT2D eigenvalue weighted by molar-refractivity contribution is 5.89. The van der Waals surface area contributed by atoms with Crippen LogP contribution in [0.1, 0.15) is 33.9 Å². The number of hydrogen-bond donors (Lipinski definition) is 2. The Balaban J connectivity index is 1.67. The van der Waals surface area contributed by atoms with Crippen molar-refractivity contribution in [2.75, 3.05) is 18.2 Å². The highest BCUT2D eigenvalue weighted by Crippen LogP contribution is 2.39. The molecule has 5 heteroatoms. The van der Waals surface area contributed by atoms with Gasteiger partial charge in [-0.3, -0.25) is 4.98 Å². The maximum atomic E-state index is 9.88. The molecule has 0 saturated heterocycles. The molecule has 0 radical (unpaired) electrons. The van der Waals surface area contributed by atoms with Gasteiger partial charge < -0.3 is 15.0 Å². The van der Waals surface area contributed by atoms with Crippen LogP contribution in [-0.2, 0) is 0 Å². The fraction of sp³-hybridized carbons (Fsp3) is 0.120. The van der Waals surface area contributed by atoms with E-state index in [1.807, 2.05) is 29.4 Å². The van der Waals surface area contributed by atoms with Crippen molar-refractivity contribution in [1.29, 1.82) is 0 Å². The van der Waals surface area contributed by atoms with Crippen molar-refractivity contribution in [3.8, 4) is 0 Å². The molecule has 1 aliphatic rings. The largest absolute Gasteiger partial charge is 0.376 e. The van der Waals surface area contributed by atoms with Crippen LogP contribution in [0.15, 0.2) is 91.7 Å². The average molecular weight is 394 g/mol. The third kappa shape index (κ3) is 3.29. The fourth-order valence-corrected chi connectivity index (χ4v) is 4.18. The second-order valence-corrected chi connectivity index (χ2v) is 7.35. The number of hydrogen-bond acceptors (Lipinski definition) is 4. The lowest BCUT2D eigenvalue weighted by molar-refractivity contribution is 0.294. The molecule has 0 amide bonds.